The zero-order valence-electron chi connectivity index (χ0n) is 11.9. The topological polar surface area (TPSA) is 64.4 Å². The van der Waals surface area contributed by atoms with Gasteiger partial charge in [-0.05, 0) is 37.5 Å². The molecule has 0 saturated carbocycles. The molecule has 4 nitrogen and oxygen atoms in total. The maximum atomic E-state index is 12.7. The summed E-state index contributed by atoms with van der Waals surface area (Å²) in [6.07, 6.45) is 1.05. The predicted octanol–water partition coefficient (Wildman–Crippen LogP) is 2.60. The molecule has 1 aromatic rings. The number of carbonyl (C=O) groups excluding carboxylic acids is 1. The highest BCUT2D eigenvalue weighted by molar-refractivity contribution is 7.80. The van der Waals surface area contributed by atoms with Gasteiger partial charge in [0.2, 0.25) is 5.91 Å². The van der Waals surface area contributed by atoms with E-state index < -0.39 is 5.41 Å². The number of amides is 1. The second-order valence-corrected chi connectivity index (χ2v) is 6.19. The molecule has 0 radical (unpaired) electrons. The van der Waals surface area contributed by atoms with Crippen LogP contribution in [-0.2, 0) is 9.53 Å². The predicted molar refractivity (Wildman–Crippen MR) is 87.3 cm³/mol. The summed E-state index contributed by atoms with van der Waals surface area (Å²) in [5, 5.41) is 3.64. The molecule has 1 aliphatic rings. The first-order valence-electron chi connectivity index (χ1n) is 6.90. The van der Waals surface area contributed by atoms with E-state index in [9.17, 15) is 4.79 Å². The Morgan fingerprint density at radius 2 is 2.14 bits per heavy atom. The van der Waals surface area contributed by atoms with Crippen LogP contribution in [0.3, 0.4) is 0 Å². The molecule has 1 fully saturated rings. The van der Waals surface area contributed by atoms with Crippen molar-refractivity contribution >= 4 is 34.7 Å². The van der Waals surface area contributed by atoms with Crippen LogP contribution in [0.4, 0.5) is 0 Å². The second-order valence-electron chi connectivity index (χ2n) is 5.31. The monoisotopic (exact) mass is 326 g/mol. The molecule has 0 aromatic heterocycles. The standard InChI is InChI=1S/C15H19ClN2O2S/c1-10(11-3-2-4-12(16)9-11)18-14(19)15(13(17)21)5-7-20-8-6-15/h2-4,9-10H,5-8H2,1H3,(H2,17,21)(H,18,19). The van der Waals surface area contributed by atoms with Gasteiger partial charge in [0.15, 0.2) is 0 Å². The summed E-state index contributed by atoms with van der Waals surface area (Å²) in [6.45, 7) is 2.91. The second kappa shape index (κ2) is 6.73. The van der Waals surface area contributed by atoms with Gasteiger partial charge in [0.25, 0.3) is 0 Å². The Bertz CT molecular complexity index is 544. The minimum atomic E-state index is -0.805. The van der Waals surface area contributed by atoms with Crippen LogP contribution in [0.25, 0.3) is 0 Å². The molecule has 1 unspecified atom stereocenters. The SMILES string of the molecule is CC(NC(=O)C1(C(N)=S)CCOCC1)c1cccc(Cl)c1. The van der Waals surface area contributed by atoms with Crippen LogP contribution in [0.2, 0.25) is 5.02 Å². The van der Waals surface area contributed by atoms with Crippen molar-refractivity contribution in [1.29, 1.82) is 0 Å². The van der Waals surface area contributed by atoms with Gasteiger partial charge >= 0.3 is 0 Å². The molecule has 6 heteroatoms. The van der Waals surface area contributed by atoms with E-state index >= 15 is 0 Å². The maximum absolute atomic E-state index is 12.7. The minimum absolute atomic E-state index is 0.134. The first-order valence-corrected chi connectivity index (χ1v) is 7.68. The number of thiocarbonyl (C=S) groups is 1. The number of ether oxygens (including phenoxy) is 1. The van der Waals surface area contributed by atoms with E-state index in [1.807, 2.05) is 25.1 Å². The summed E-state index contributed by atoms with van der Waals surface area (Å²) in [5.41, 5.74) is 5.98. The lowest BCUT2D eigenvalue weighted by atomic mass is 9.79. The Kier molecular flexibility index (Phi) is 5.19. The van der Waals surface area contributed by atoms with Gasteiger partial charge in [-0.25, -0.2) is 0 Å². The fourth-order valence-corrected chi connectivity index (χ4v) is 2.99. The van der Waals surface area contributed by atoms with Crippen LogP contribution < -0.4 is 11.1 Å². The van der Waals surface area contributed by atoms with Gasteiger partial charge < -0.3 is 15.8 Å². The Labute approximate surface area is 135 Å². The van der Waals surface area contributed by atoms with Crippen LogP contribution in [0, 0.1) is 5.41 Å². The summed E-state index contributed by atoms with van der Waals surface area (Å²) in [5.74, 6) is -0.134. The highest BCUT2D eigenvalue weighted by Gasteiger charge is 2.43. The van der Waals surface area contributed by atoms with Crippen molar-refractivity contribution < 1.29 is 9.53 Å². The zero-order valence-corrected chi connectivity index (χ0v) is 13.5. The molecule has 1 saturated heterocycles. The molecule has 21 heavy (non-hydrogen) atoms. The molecule has 1 aromatic carbocycles. The van der Waals surface area contributed by atoms with Crippen LogP contribution in [-0.4, -0.2) is 24.1 Å². The fraction of sp³-hybridized carbons (Fsp3) is 0.467. The quantitative estimate of drug-likeness (QED) is 0.835. The van der Waals surface area contributed by atoms with Crippen molar-refractivity contribution in [2.75, 3.05) is 13.2 Å². The molecule has 2 rings (SSSR count). The van der Waals surface area contributed by atoms with Gasteiger partial charge in [-0.1, -0.05) is 36.0 Å². The van der Waals surface area contributed by atoms with E-state index in [2.05, 4.69) is 5.32 Å². The number of rotatable bonds is 4. The van der Waals surface area contributed by atoms with E-state index in [1.54, 1.807) is 6.07 Å². The molecule has 3 N–H and O–H groups in total. The molecule has 1 aliphatic heterocycles. The van der Waals surface area contributed by atoms with Crippen molar-refractivity contribution in [2.24, 2.45) is 11.1 Å². The van der Waals surface area contributed by atoms with Crippen LogP contribution in [0.15, 0.2) is 24.3 Å². The van der Waals surface area contributed by atoms with Crippen molar-refractivity contribution in [3.63, 3.8) is 0 Å². The van der Waals surface area contributed by atoms with Gasteiger partial charge in [-0.2, -0.15) is 0 Å². The number of benzene rings is 1. The zero-order chi connectivity index (χ0) is 15.5. The Morgan fingerprint density at radius 3 is 2.71 bits per heavy atom. The summed E-state index contributed by atoms with van der Waals surface area (Å²) >= 11 is 11.1. The summed E-state index contributed by atoms with van der Waals surface area (Å²) < 4.78 is 5.32. The average molecular weight is 327 g/mol. The minimum Gasteiger partial charge on any atom is -0.392 e. The van der Waals surface area contributed by atoms with Crippen molar-refractivity contribution in [1.82, 2.24) is 5.32 Å². The van der Waals surface area contributed by atoms with E-state index in [1.165, 1.54) is 0 Å². The third-order valence-electron chi connectivity index (χ3n) is 3.95. The normalized spacial score (nSPS) is 18.8. The number of halogens is 1. The lowest BCUT2D eigenvalue weighted by Gasteiger charge is -2.35. The highest BCUT2D eigenvalue weighted by atomic mass is 35.5. The first-order chi connectivity index (χ1) is 9.95. The maximum Gasteiger partial charge on any atom is 0.233 e. The van der Waals surface area contributed by atoms with Crippen molar-refractivity contribution in [2.45, 2.75) is 25.8 Å². The molecule has 1 amide bonds. The van der Waals surface area contributed by atoms with Crippen LogP contribution in [0.1, 0.15) is 31.4 Å². The molecule has 114 valence electrons. The largest absolute Gasteiger partial charge is 0.392 e. The third-order valence-corrected chi connectivity index (χ3v) is 4.57. The van der Waals surface area contributed by atoms with Gasteiger partial charge in [-0.3, -0.25) is 4.79 Å². The first kappa shape index (κ1) is 16.2. The lowest BCUT2D eigenvalue weighted by molar-refractivity contribution is -0.132. The molecule has 0 aliphatic carbocycles. The molecule has 0 spiro atoms. The Morgan fingerprint density at radius 1 is 1.48 bits per heavy atom. The summed E-state index contributed by atoms with van der Waals surface area (Å²) in [6, 6.07) is 7.26. The van der Waals surface area contributed by atoms with Gasteiger partial charge in [0, 0.05) is 18.2 Å². The number of hydrogen-bond donors (Lipinski definition) is 2. The lowest BCUT2D eigenvalue weighted by Crippen LogP contribution is -2.52. The number of nitrogens with two attached hydrogens (primary N) is 1. The fourth-order valence-electron chi connectivity index (χ4n) is 2.50. The van der Waals surface area contributed by atoms with Crippen molar-refractivity contribution in [3.8, 4) is 0 Å². The average Bonchev–Trinajstić information content (AvgIpc) is 2.47. The van der Waals surface area contributed by atoms with E-state index in [0.717, 1.165) is 5.56 Å². The molecular weight excluding hydrogens is 308 g/mol. The third kappa shape index (κ3) is 3.54. The van der Waals surface area contributed by atoms with Gasteiger partial charge in [-0.15, -0.1) is 0 Å². The summed E-state index contributed by atoms with van der Waals surface area (Å²) in [7, 11) is 0. The van der Waals surface area contributed by atoms with E-state index in [4.69, 9.17) is 34.3 Å². The number of nitrogens with one attached hydrogen (secondary N) is 1. The molecular formula is C15H19ClN2O2S. The molecule has 1 heterocycles. The van der Waals surface area contributed by atoms with E-state index in [-0.39, 0.29) is 16.9 Å². The highest BCUT2D eigenvalue weighted by Crippen LogP contribution is 2.32. The van der Waals surface area contributed by atoms with Crippen molar-refractivity contribution in [3.05, 3.63) is 34.9 Å². The number of carbonyl (C=O) groups is 1. The number of hydrogen-bond acceptors (Lipinski definition) is 3. The van der Waals surface area contributed by atoms with E-state index in [0.29, 0.717) is 31.1 Å². The smallest absolute Gasteiger partial charge is 0.233 e. The molecule has 1 atom stereocenters. The Balaban J connectivity index is 2.13. The molecule has 0 bridgehead atoms. The van der Waals surface area contributed by atoms with Crippen LogP contribution in [0.5, 0.6) is 0 Å². The summed E-state index contributed by atoms with van der Waals surface area (Å²) in [4.78, 5) is 12.9. The van der Waals surface area contributed by atoms with Gasteiger partial charge in [0.05, 0.1) is 11.0 Å². The Hall–Kier alpha value is -1.17. The van der Waals surface area contributed by atoms with Gasteiger partial charge in [0.1, 0.15) is 5.41 Å². The van der Waals surface area contributed by atoms with Crippen LogP contribution >= 0.6 is 23.8 Å².